The molecule has 7 heteroatoms. The second kappa shape index (κ2) is 7.33. The van der Waals surface area contributed by atoms with Gasteiger partial charge in [-0.1, -0.05) is 25.6 Å². The third-order valence-corrected chi connectivity index (χ3v) is 5.98. The van der Waals surface area contributed by atoms with Crippen LogP contribution in [0.4, 0.5) is 11.4 Å². The number of nitro groups is 1. The summed E-state index contributed by atoms with van der Waals surface area (Å²) >= 11 is 1.77. The van der Waals surface area contributed by atoms with E-state index in [4.69, 9.17) is 9.73 Å². The lowest BCUT2D eigenvalue weighted by atomic mass is 9.92. The second-order valence-corrected chi connectivity index (χ2v) is 8.24. The predicted molar refractivity (Wildman–Crippen MR) is 102 cm³/mol. The van der Waals surface area contributed by atoms with Gasteiger partial charge in [0.15, 0.2) is 5.17 Å². The highest BCUT2D eigenvalue weighted by Crippen LogP contribution is 2.40. The molecular weight excluding hydrogens is 338 g/mol. The van der Waals surface area contributed by atoms with Crippen molar-refractivity contribution in [3.63, 3.8) is 0 Å². The molecule has 3 rings (SSSR count). The summed E-state index contributed by atoms with van der Waals surface area (Å²) in [5, 5.41) is 11.9. The minimum absolute atomic E-state index is 0.0424. The topological polar surface area (TPSA) is 68.0 Å². The SMILES string of the molecule is Cc1cc([N+](=O)[O-])ccc1N=C1SCC2(CCCOC2)N1CC(C)C. The Bertz CT molecular complexity index is 684. The molecule has 25 heavy (non-hydrogen) atoms. The van der Waals surface area contributed by atoms with Crippen LogP contribution in [0.25, 0.3) is 0 Å². The van der Waals surface area contributed by atoms with E-state index in [0.717, 1.165) is 54.8 Å². The summed E-state index contributed by atoms with van der Waals surface area (Å²) in [7, 11) is 0. The molecule has 0 aliphatic carbocycles. The molecule has 0 radical (unpaired) electrons. The number of hydrogen-bond acceptors (Lipinski definition) is 5. The molecule has 0 amide bonds. The van der Waals surface area contributed by atoms with E-state index < -0.39 is 0 Å². The van der Waals surface area contributed by atoms with Crippen molar-refractivity contribution in [1.29, 1.82) is 0 Å². The van der Waals surface area contributed by atoms with Gasteiger partial charge < -0.3 is 9.64 Å². The number of ether oxygens (including phenoxy) is 1. The number of nitrogens with zero attached hydrogens (tertiary/aromatic N) is 3. The maximum atomic E-state index is 10.9. The van der Waals surface area contributed by atoms with Crippen LogP contribution in [0.5, 0.6) is 0 Å². The number of hydrogen-bond donors (Lipinski definition) is 0. The van der Waals surface area contributed by atoms with Crippen molar-refractivity contribution in [2.24, 2.45) is 10.9 Å². The number of thioether (sulfide) groups is 1. The Kier molecular flexibility index (Phi) is 5.34. The number of aliphatic imine (C=N–C) groups is 1. The molecule has 1 aromatic carbocycles. The van der Waals surface area contributed by atoms with Gasteiger partial charge in [0.25, 0.3) is 5.69 Å². The van der Waals surface area contributed by atoms with Gasteiger partial charge in [0.1, 0.15) is 0 Å². The van der Waals surface area contributed by atoms with E-state index in [2.05, 4.69) is 18.7 Å². The minimum Gasteiger partial charge on any atom is -0.379 e. The summed E-state index contributed by atoms with van der Waals surface area (Å²) in [4.78, 5) is 17.8. The average molecular weight is 363 g/mol. The molecule has 0 bridgehead atoms. The summed E-state index contributed by atoms with van der Waals surface area (Å²) in [6.45, 7) is 8.85. The van der Waals surface area contributed by atoms with Crippen LogP contribution in [0.1, 0.15) is 32.3 Å². The predicted octanol–water partition coefficient (Wildman–Crippen LogP) is 4.14. The fraction of sp³-hybridized carbons (Fsp3) is 0.611. The van der Waals surface area contributed by atoms with Crippen LogP contribution < -0.4 is 0 Å². The molecule has 2 fully saturated rings. The Morgan fingerprint density at radius 2 is 2.28 bits per heavy atom. The van der Waals surface area contributed by atoms with E-state index in [1.807, 2.05) is 6.92 Å². The van der Waals surface area contributed by atoms with E-state index in [1.54, 1.807) is 23.9 Å². The number of benzene rings is 1. The molecule has 1 atom stereocenters. The number of nitro benzene ring substituents is 1. The summed E-state index contributed by atoms with van der Waals surface area (Å²) in [5.74, 6) is 1.52. The van der Waals surface area contributed by atoms with E-state index in [-0.39, 0.29) is 16.1 Å². The van der Waals surface area contributed by atoms with Crippen LogP contribution in [0.3, 0.4) is 0 Å². The summed E-state index contributed by atoms with van der Waals surface area (Å²) in [6.07, 6.45) is 2.21. The third kappa shape index (κ3) is 3.82. The standard InChI is InChI=1S/C18H25N3O3S/c1-13(2)10-20-17(25-12-18(20)7-4-8-24-11-18)19-16-6-5-15(21(22)23)9-14(16)3/h5-6,9,13H,4,7-8,10-12H2,1-3H3. The van der Waals surface area contributed by atoms with Gasteiger partial charge in [0.2, 0.25) is 0 Å². The number of amidine groups is 1. The smallest absolute Gasteiger partial charge is 0.269 e. The summed E-state index contributed by atoms with van der Waals surface area (Å²) in [5.41, 5.74) is 1.78. The minimum atomic E-state index is -0.367. The molecule has 1 spiro atoms. The zero-order chi connectivity index (χ0) is 18.0. The van der Waals surface area contributed by atoms with E-state index in [0.29, 0.717) is 5.92 Å². The lowest BCUT2D eigenvalue weighted by Gasteiger charge is -2.42. The Morgan fingerprint density at radius 3 is 2.88 bits per heavy atom. The van der Waals surface area contributed by atoms with Gasteiger partial charge >= 0.3 is 0 Å². The van der Waals surface area contributed by atoms with Crippen LogP contribution in [0, 0.1) is 23.0 Å². The Labute approximate surface area is 152 Å². The molecular formula is C18H25N3O3S. The highest BCUT2D eigenvalue weighted by molar-refractivity contribution is 8.14. The summed E-state index contributed by atoms with van der Waals surface area (Å²) in [6, 6.07) is 4.86. The number of non-ortho nitro benzene ring substituents is 1. The highest BCUT2D eigenvalue weighted by Gasteiger charge is 2.46. The lowest BCUT2D eigenvalue weighted by molar-refractivity contribution is -0.384. The molecule has 136 valence electrons. The van der Waals surface area contributed by atoms with Crippen molar-refractivity contribution in [3.05, 3.63) is 33.9 Å². The first-order chi connectivity index (χ1) is 11.9. The van der Waals surface area contributed by atoms with Gasteiger partial charge in [-0.2, -0.15) is 0 Å². The zero-order valence-electron chi connectivity index (χ0n) is 15.0. The van der Waals surface area contributed by atoms with Crippen molar-refractivity contribution in [1.82, 2.24) is 4.90 Å². The van der Waals surface area contributed by atoms with Gasteiger partial charge in [0, 0.05) is 31.0 Å². The first-order valence-corrected chi connectivity index (χ1v) is 9.72. The molecule has 0 saturated carbocycles. The van der Waals surface area contributed by atoms with Crippen LogP contribution in [-0.4, -0.2) is 46.0 Å². The quantitative estimate of drug-likeness (QED) is 0.594. The fourth-order valence-corrected chi connectivity index (χ4v) is 4.80. The van der Waals surface area contributed by atoms with Gasteiger partial charge in [-0.25, -0.2) is 4.99 Å². The zero-order valence-corrected chi connectivity index (χ0v) is 15.8. The Morgan fingerprint density at radius 1 is 1.48 bits per heavy atom. The average Bonchev–Trinajstić information content (AvgIpc) is 2.87. The molecule has 1 unspecified atom stereocenters. The molecule has 2 saturated heterocycles. The van der Waals surface area contributed by atoms with Crippen LogP contribution >= 0.6 is 11.8 Å². The van der Waals surface area contributed by atoms with Crippen LogP contribution in [0.2, 0.25) is 0 Å². The Balaban J connectivity index is 1.92. The number of rotatable bonds is 4. The monoisotopic (exact) mass is 363 g/mol. The maximum Gasteiger partial charge on any atom is 0.269 e. The maximum absolute atomic E-state index is 10.9. The highest BCUT2D eigenvalue weighted by atomic mass is 32.2. The summed E-state index contributed by atoms with van der Waals surface area (Å²) < 4.78 is 5.80. The molecule has 2 heterocycles. The molecule has 6 nitrogen and oxygen atoms in total. The Hall–Kier alpha value is -1.60. The largest absolute Gasteiger partial charge is 0.379 e. The van der Waals surface area contributed by atoms with Crippen LogP contribution in [0.15, 0.2) is 23.2 Å². The van der Waals surface area contributed by atoms with E-state index in [1.165, 1.54) is 6.07 Å². The molecule has 0 N–H and O–H groups in total. The van der Waals surface area contributed by atoms with Crippen molar-refractivity contribution in [3.8, 4) is 0 Å². The van der Waals surface area contributed by atoms with Crippen molar-refractivity contribution < 1.29 is 9.66 Å². The van der Waals surface area contributed by atoms with Crippen molar-refractivity contribution >= 4 is 28.3 Å². The molecule has 1 aromatic rings. The first kappa shape index (κ1) is 18.2. The lowest BCUT2D eigenvalue weighted by Crippen LogP contribution is -2.54. The molecule has 2 aliphatic heterocycles. The number of aryl methyl sites for hydroxylation is 1. The molecule has 0 aromatic heterocycles. The van der Waals surface area contributed by atoms with Crippen molar-refractivity contribution in [2.75, 3.05) is 25.5 Å². The molecule has 2 aliphatic rings. The van der Waals surface area contributed by atoms with Gasteiger partial charge in [-0.15, -0.1) is 0 Å². The fourth-order valence-electron chi connectivity index (χ4n) is 3.43. The van der Waals surface area contributed by atoms with Gasteiger partial charge in [-0.3, -0.25) is 10.1 Å². The third-order valence-electron chi connectivity index (χ3n) is 4.73. The first-order valence-electron chi connectivity index (χ1n) is 8.73. The van der Waals surface area contributed by atoms with Crippen LogP contribution in [-0.2, 0) is 4.74 Å². The van der Waals surface area contributed by atoms with Gasteiger partial charge in [-0.05, 0) is 37.3 Å². The van der Waals surface area contributed by atoms with Gasteiger partial charge in [0.05, 0.1) is 22.8 Å². The van der Waals surface area contributed by atoms with Crippen molar-refractivity contribution in [2.45, 2.75) is 39.2 Å². The van der Waals surface area contributed by atoms with E-state index in [9.17, 15) is 10.1 Å². The van der Waals surface area contributed by atoms with E-state index >= 15 is 0 Å². The second-order valence-electron chi connectivity index (χ2n) is 7.30. The normalized spacial score (nSPS) is 25.3.